The van der Waals surface area contributed by atoms with Gasteiger partial charge in [-0.25, -0.2) is 9.78 Å². The third kappa shape index (κ3) is 3.51. The SMILES string of the molecule is CC1(C)C=C(C#N)C=C(C2(O)OC(C)(C)c3c2n(Cc2ccnc(F)c2)c(=O)[nH]c3=O)C1. The first-order valence-corrected chi connectivity index (χ1v) is 10.1. The minimum atomic E-state index is -2.13. The maximum absolute atomic E-state index is 13.7. The second-order valence-corrected chi connectivity index (χ2v) is 9.36. The first kappa shape index (κ1) is 21.9. The summed E-state index contributed by atoms with van der Waals surface area (Å²) in [4.78, 5) is 31.5. The van der Waals surface area contributed by atoms with E-state index < -0.39 is 34.0 Å². The highest BCUT2D eigenvalue weighted by molar-refractivity contribution is 5.47. The van der Waals surface area contributed by atoms with Crippen molar-refractivity contribution in [3.8, 4) is 6.07 Å². The van der Waals surface area contributed by atoms with Crippen LogP contribution in [0.3, 0.4) is 0 Å². The second-order valence-electron chi connectivity index (χ2n) is 9.36. The smallest absolute Gasteiger partial charge is 0.329 e. The average Bonchev–Trinajstić information content (AvgIpc) is 2.90. The summed E-state index contributed by atoms with van der Waals surface area (Å²) in [6.07, 6.45) is 4.92. The number of H-pyrrole nitrogens is 1. The zero-order valence-corrected chi connectivity index (χ0v) is 18.2. The van der Waals surface area contributed by atoms with Crippen LogP contribution in [0.4, 0.5) is 4.39 Å². The Morgan fingerprint density at radius 1 is 1.34 bits per heavy atom. The topological polar surface area (TPSA) is 121 Å². The minimum Gasteiger partial charge on any atom is -0.357 e. The fraction of sp³-hybridized carbons (Fsp3) is 0.391. The quantitative estimate of drug-likeness (QED) is 0.710. The highest BCUT2D eigenvalue weighted by atomic mass is 19.1. The van der Waals surface area contributed by atoms with Crippen LogP contribution in [0.2, 0.25) is 0 Å². The van der Waals surface area contributed by atoms with Crippen LogP contribution in [0.25, 0.3) is 0 Å². The molecule has 9 heteroatoms. The van der Waals surface area contributed by atoms with E-state index in [1.807, 2.05) is 13.8 Å². The molecule has 2 aromatic rings. The molecule has 0 spiro atoms. The van der Waals surface area contributed by atoms with Crippen molar-refractivity contribution in [1.29, 1.82) is 5.26 Å². The molecule has 0 amide bonds. The molecule has 1 atom stereocenters. The van der Waals surface area contributed by atoms with Gasteiger partial charge >= 0.3 is 5.69 Å². The van der Waals surface area contributed by atoms with Gasteiger partial charge in [-0.15, -0.1) is 0 Å². The Morgan fingerprint density at radius 3 is 2.72 bits per heavy atom. The van der Waals surface area contributed by atoms with E-state index in [0.717, 1.165) is 0 Å². The molecule has 0 saturated heterocycles. The monoisotopic (exact) mass is 438 g/mol. The molecule has 2 aliphatic rings. The van der Waals surface area contributed by atoms with Crippen molar-refractivity contribution in [3.63, 3.8) is 0 Å². The van der Waals surface area contributed by atoms with Gasteiger partial charge in [0.25, 0.3) is 5.56 Å². The lowest BCUT2D eigenvalue weighted by Crippen LogP contribution is -2.41. The van der Waals surface area contributed by atoms with Crippen LogP contribution in [0.15, 0.2) is 51.2 Å². The van der Waals surface area contributed by atoms with Crippen molar-refractivity contribution < 1.29 is 14.2 Å². The summed E-state index contributed by atoms with van der Waals surface area (Å²) >= 11 is 0. The minimum absolute atomic E-state index is 0.0188. The number of nitrogens with zero attached hydrogens (tertiary/aromatic N) is 3. The zero-order chi connectivity index (χ0) is 23.5. The molecular formula is C23H23FN4O4. The summed E-state index contributed by atoms with van der Waals surface area (Å²) in [5.74, 6) is -2.85. The van der Waals surface area contributed by atoms with Crippen molar-refractivity contribution in [2.75, 3.05) is 0 Å². The molecule has 0 aromatic carbocycles. The largest absolute Gasteiger partial charge is 0.357 e. The number of allylic oxidation sites excluding steroid dienone is 3. The highest BCUT2D eigenvalue weighted by Gasteiger charge is 2.55. The standard InChI is InChI=1S/C23H23FN4O4/c1-21(2)9-14(11-25)7-15(10-21)23(31)18-17(22(3,4)32-23)19(29)27-20(30)28(18)12-13-5-6-26-16(24)8-13/h5-9,31H,10,12H2,1-4H3,(H,27,29,30). The van der Waals surface area contributed by atoms with Gasteiger partial charge in [-0.05, 0) is 55.0 Å². The Hall–Kier alpha value is -3.35. The van der Waals surface area contributed by atoms with E-state index in [4.69, 9.17) is 4.74 Å². The molecule has 0 saturated carbocycles. The third-order valence-electron chi connectivity index (χ3n) is 5.74. The first-order valence-electron chi connectivity index (χ1n) is 10.1. The lowest BCUT2D eigenvalue weighted by atomic mass is 9.76. The van der Waals surface area contributed by atoms with Gasteiger partial charge in [0.2, 0.25) is 11.7 Å². The molecule has 0 bridgehead atoms. The van der Waals surface area contributed by atoms with Crippen LogP contribution in [0.5, 0.6) is 0 Å². The number of halogens is 1. The Morgan fingerprint density at radius 2 is 2.06 bits per heavy atom. The van der Waals surface area contributed by atoms with E-state index in [2.05, 4.69) is 16.0 Å². The lowest BCUT2D eigenvalue weighted by Gasteiger charge is -2.36. The number of ether oxygens (including phenoxy) is 1. The molecule has 8 nitrogen and oxygen atoms in total. The van der Waals surface area contributed by atoms with Crippen molar-refractivity contribution in [2.45, 2.75) is 52.0 Å². The average molecular weight is 438 g/mol. The molecule has 0 fully saturated rings. The van der Waals surface area contributed by atoms with Crippen LogP contribution in [0.1, 0.15) is 50.9 Å². The number of aromatic nitrogens is 3. The highest BCUT2D eigenvalue weighted by Crippen LogP contribution is 2.51. The summed E-state index contributed by atoms with van der Waals surface area (Å²) in [6.45, 7) is 6.93. The van der Waals surface area contributed by atoms with Gasteiger partial charge in [-0.1, -0.05) is 19.9 Å². The van der Waals surface area contributed by atoms with Crippen LogP contribution in [-0.4, -0.2) is 19.6 Å². The normalized spacial score (nSPS) is 23.2. The molecule has 1 aliphatic heterocycles. The van der Waals surface area contributed by atoms with E-state index in [9.17, 15) is 24.3 Å². The number of nitriles is 1. The van der Waals surface area contributed by atoms with E-state index >= 15 is 0 Å². The predicted molar refractivity (Wildman–Crippen MR) is 113 cm³/mol. The molecule has 1 aliphatic carbocycles. The molecule has 166 valence electrons. The summed E-state index contributed by atoms with van der Waals surface area (Å²) < 4.78 is 20.9. The molecule has 3 heterocycles. The molecule has 2 N–H and O–H groups in total. The van der Waals surface area contributed by atoms with Crippen molar-refractivity contribution in [3.05, 3.63) is 85.2 Å². The van der Waals surface area contributed by atoms with E-state index in [1.54, 1.807) is 19.9 Å². The second kappa shape index (κ2) is 7.08. The summed E-state index contributed by atoms with van der Waals surface area (Å²) in [5, 5.41) is 21.4. The summed E-state index contributed by atoms with van der Waals surface area (Å²) in [6, 6.07) is 4.80. The number of fused-ring (bicyclic) bond motifs is 1. The van der Waals surface area contributed by atoms with Gasteiger partial charge in [0.1, 0.15) is 0 Å². The number of nitrogens with one attached hydrogen (secondary N) is 1. The number of aliphatic hydroxyl groups is 1. The van der Waals surface area contributed by atoms with Crippen LogP contribution < -0.4 is 11.2 Å². The number of pyridine rings is 1. The first-order chi connectivity index (χ1) is 14.9. The maximum Gasteiger partial charge on any atom is 0.329 e. The fourth-order valence-corrected chi connectivity index (χ4v) is 4.57. The van der Waals surface area contributed by atoms with Crippen LogP contribution >= 0.6 is 0 Å². The van der Waals surface area contributed by atoms with Crippen molar-refractivity contribution in [1.82, 2.24) is 14.5 Å². The third-order valence-corrected chi connectivity index (χ3v) is 5.74. The molecule has 2 aromatic heterocycles. The molecule has 1 unspecified atom stereocenters. The van der Waals surface area contributed by atoms with Gasteiger partial charge in [0.05, 0.1) is 29.5 Å². The molecule has 4 rings (SSSR count). The number of hydrogen-bond donors (Lipinski definition) is 2. The maximum atomic E-state index is 13.7. The van der Waals surface area contributed by atoms with Crippen LogP contribution in [-0.2, 0) is 22.7 Å². The van der Waals surface area contributed by atoms with Gasteiger partial charge < -0.3 is 9.84 Å². The lowest BCUT2D eigenvalue weighted by molar-refractivity contribution is -0.230. The molecule has 32 heavy (non-hydrogen) atoms. The predicted octanol–water partition coefficient (Wildman–Crippen LogP) is 2.34. The zero-order valence-electron chi connectivity index (χ0n) is 18.2. The number of aromatic amines is 1. The Kier molecular flexibility index (Phi) is 4.84. The number of hydrogen-bond acceptors (Lipinski definition) is 6. The fourth-order valence-electron chi connectivity index (χ4n) is 4.57. The number of rotatable bonds is 3. The molecular weight excluding hydrogens is 415 g/mol. The van der Waals surface area contributed by atoms with E-state index in [1.165, 1.54) is 29.0 Å². The van der Waals surface area contributed by atoms with Gasteiger partial charge in [0, 0.05) is 11.8 Å². The van der Waals surface area contributed by atoms with Gasteiger partial charge in [0.15, 0.2) is 0 Å². The van der Waals surface area contributed by atoms with E-state index in [0.29, 0.717) is 23.1 Å². The van der Waals surface area contributed by atoms with Crippen LogP contribution in [0, 0.1) is 22.7 Å². The van der Waals surface area contributed by atoms with E-state index in [-0.39, 0.29) is 17.8 Å². The summed E-state index contributed by atoms with van der Waals surface area (Å²) in [7, 11) is 0. The molecule has 0 radical (unpaired) electrons. The summed E-state index contributed by atoms with van der Waals surface area (Å²) in [5.41, 5.74) is -1.96. The Labute approximate surface area is 183 Å². The Balaban J connectivity index is 1.99. The Bertz CT molecular complexity index is 1340. The van der Waals surface area contributed by atoms with Crippen molar-refractivity contribution in [2.24, 2.45) is 5.41 Å². The van der Waals surface area contributed by atoms with Gasteiger partial charge in [-0.3, -0.25) is 14.3 Å². The van der Waals surface area contributed by atoms with Crippen molar-refractivity contribution >= 4 is 0 Å². The van der Waals surface area contributed by atoms with Gasteiger partial charge in [-0.2, -0.15) is 9.65 Å².